The van der Waals surface area contributed by atoms with Gasteiger partial charge in [-0.25, -0.2) is 4.98 Å². The maximum atomic E-state index is 11.3. The number of hydrogen-bond acceptors (Lipinski definition) is 6. The zero-order chi connectivity index (χ0) is 25.7. The second-order valence-corrected chi connectivity index (χ2v) is 11.9. The Morgan fingerprint density at radius 2 is 1.86 bits per heavy atom. The zero-order valence-electron chi connectivity index (χ0n) is 22.6. The van der Waals surface area contributed by atoms with Gasteiger partial charge in [0.15, 0.2) is 0 Å². The van der Waals surface area contributed by atoms with Crippen molar-refractivity contribution < 1.29 is 14.9 Å². The first-order valence-electron chi connectivity index (χ1n) is 13.7. The average Bonchev–Trinajstić information content (AvgIpc) is 3.45. The summed E-state index contributed by atoms with van der Waals surface area (Å²) < 4.78 is 7.77. The molecule has 3 N–H and O–H groups in total. The van der Waals surface area contributed by atoms with Crippen molar-refractivity contribution >= 4 is 0 Å². The van der Waals surface area contributed by atoms with Crippen LogP contribution in [0.2, 0.25) is 0 Å². The fourth-order valence-corrected chi connectivity index (χ4v) is 6.04. The van der Waals surface area contributed by atoms with Gasteiger partial charge in [0.05, 0.1) is 24.4 Å². The predicted octanol–water partition coefficient (Wildman–Crippen LogP) is 4.06. The Morgan fingerprint density at radius 3 is 2.47 bits per heavy atom. The standard InChI is InChI=1S/C29H46N4O3/c1-29(2,3)27(33(26(35)20-36-4)18-23-15-30-16-25(23)34)28-31-24(22-13-9-6-10-14-22)19-32(28)17-21-11-7-5-8-12-21/h6,9-10,13-14,19,21,23,25-27,30,34-35H,5,7-8,11-12,15-18,20H2,1-4H3/t23-,25-,26?,27+/m1/s1. The molecule has 1 aliphatic heterocycles. The molecule has 4 atom stereocenters. The molecule has 4 rings (SSSR count). The van der Waals surface area contributed by atoms with Gasteiger partial charge in [0.2, 0.25) is 0 Å². The summed E-state index contributed by atoms with van der Waals surface area (Å²) >= 11 is 0. The van der Waals surface area contributed by atoms with Crippen LogP contribution in [0.4, 0.5) is 0 Å². The largest absolute Gasteiger partial charge is 0.391 e. The summed E-state index contributed by atoms with van der Waals surface area (Å²) in [5.74, 6) is 1.67. The Labute approximate surface area is 216 Å². The van der Waals surface area contributed by atoms with Gasteiger partial charge in [0, 0.05) is 51.0 Å². The van der Waals surface area contributed by atoms with Crippen molar-refractivity contribution in [2.24, 2.45) is 17.3 Å². The Kier molecular flexibility index (Phi) is 9.23. The number of methoxy groups -OCH3 is 1. The number of nitrogens with zero attached hydrogens (tertiary/aromatic N) is 3. The molecule has 1 aliphatic carbocycles. The third-order valence-corrected chi connectivity index (χ3v) is 7.90. The van der Waals surface area contributed by atoms with Crippen molar-refractivity contribution in [2.45, 2.75) is 77.8 Å². The van der Waals surface area contributed by atoms with Crippen molar-refractivity contribution in [2.75, 3.05) is 33.4 Å². The lowest BCUT2D eigenvalue weighted by atomic mass is 9.83. The van der Waals surface area contributed by atoms with Crippen molar-refractivity contribution in [3.05, 3.63) is 42.4 Å². The van der Waals surface area contributed by atoms with E-state index in [1.54, 1.807) is 7.11 Å². The molecule has 7 heteroatoms. The molecule has 0 amide bonds. The van der Waals surface area contributed by atoms with Gasteiger partial charge in [0.1, 0.15) is 12.1 Å². The highest BCUT2D eigenvalue weighted by molar-refractivity contribution is 5.58. The van der Waals surface area contributed by atoms with Crippen molar-refractivity contribution in [3.8, 4) is 11.3 Å². The second kappa shape index (κ2) is 12.2. The summed E-state index contributed by atoms with van der Waals surface area (Å²) in [6, 6.07) is 10.2. The Bertz CT molecular complexity index is 936. The quantitative estimate of drug-likeness (QED) is 0.429. The van der Waals surface area contributed by atoms with Crippen LogP contribution >= 0.6 is 0 Å². The number of nitrogens with one attached hydrogen (secondary N) is 1. The molecule has 7 nitrogen and oxygen atoms in total. The molecule has 1 aromatic heterocycles. The second-order valence-electron chi connectivity index (χ2n) is 11.9. The minimum atomic E-state index is -0.799. The minimum absolute atomic E-state index is 0.0386. The fourth-order valence-electron chi connectivity index (χ4n) is 6.04. The summed E-state index contributed by atoms with van der Waals surface area (Å²) in [5.41, 5.74) is 1.86. The first kappa shape index (κ1) is 27.3. The average molecular weight is 499 g/mol. The SMILES string of the molecule is COCC(O)N(C[C@H]1CNC[C@H]1O)[C@@H](c1nc(-c2ccccc2)cn1CC1CCCCC1)C(C)(C)C. The minimum Gasteiger partial charge on any atom is -0.391 e. The highest BCUT2D eigenvalue weighted by Gasteiger charge is 2.41. The Hall–Kier alpha value is -1.77. The molecule has 2 heterocycles. The van der Waals surface area contributed by atoms with Crippen LogP contribution in [0.15, 0.2) is 36.5 Å². The summed E-state index contributed by atoms with van der Waals surface area (Å²) in [4.78, 5) is 7.38. The summed E-state index contributed by atoms with van der Waals surface area (Å²) in [5, 5.41) is 25.3. The normalized spacial score (nSPS) is 23.3. The van der Waals surface area contributed by atoms with Crippen LogP contribution in [-0.4, -0.2) is 70.3 Å². The smallest absolute Gasteiger partial charge is 0.131 e. The molecule has 2 fully saturated rings. The topological polar surface area (TPSA) is 82.8 Å². The van der Waals surface area contributed by atoms with Crippen LogP contribution in [0.3, 0.4) is 0 Å². The number of benzene rings is 1. The highest BCUT2D eigenvalue weighted by atomic mass is 16.5. The number of hydrogen-bond donors (Lipinski definition) is 3. The molecule has 0 spiro atoms. The van der Waals surface area contributed by atoms with Gasteiger partial charge in [0.25, 0.3) is 0 Å². The maximum Gasteiger partial charge on any atom is 0.131 e. The molecule has 0 radical (unpaired) electrons. The number of ether oxygens (including phenoxy) is 1. The van der Waals surface area contributed by atoms with Crippen LogP contribution in [0, 0.1) is 17.3 Å². The molecule has 36 heavy (non-hydrogen) atoms. The van der Waals surface area contributed by atoms with Crippen LogP contribution in [0.25, 0.3) is 11.3 Å². The highest BCUT2D eigenvalue weighted by Crippen LogP contribution is 2.41. The third kappa shape index (κ3) is 6.56. The molecule has 0 bridgehead atoms. The predicted molar refractivity (Wildman–Crippen MR) is 143 cm³/mol. The molecule has 1 aromatic carbocycles. The molecule has 200 valence electrons. The Balaban J connectivity index is 1.76. The lowest BCUT2D eigenvalue weighted by Crippen LogP contribution is -2.50. The first-order valence-corrected chi connectivity index (χ1v) is 13.7. The molecule has 1 unspecified atom stereocenters. The van der Waals surface area contributed by atoms with Gasteiger partial charge < -0.3 is 24.8 Å². The lowest BCUT2D eigenvalue weighted by molar-refractivity contribution is -0.103. The van der Waals surface area contributed by atoms with E-state index in [2.05, 4.69) is 66.0 Å². The van der Waals surface area contributed by atoms with Crippen LogP contribution in [-0.2, 0) is 11.3 Å². The van der Waals surface area contributed by atoms with Gasteiger partial charge in [-0.15, -0.1) is 0 Å². The summed E-state index contributed by atoms with van der Waals surface area (Å²) in [6.45, 7) is 9.70. The first-order chi connectivity index (χ1) is 17.3. The van der Waals surface area contributed by atoms with E-state index < -0.39 is 12.3 Å². The van der Waals surface area contributed by atoms with Crippen LogP contribution < -0.4 is 5.32 Å². The van der Waals surface area contributed by atoms with E-state index in [4.69, 9.17) is 9.72 Å². The number of aliphatic hydroxyl groups is 2. The fraction of sp³-hybridized carbons (Fsp3) is 0.690. The number of rotatable bonds is 10. The van der Waals surface area contributed by atoms with Crippen molar-refractivity contribution in [3.63, 3.8) is 0 Å². The third-order valence-electron chi connectivity index (χ3n) is 7.90. The number of imidazole rings is 1. The van der Waals surface area contributed by atoms with E-state index in [1.165, 1.54) is 32.1 Å². The van der Waals surface area contributed by atoms with E-state index in [1.807, 2.05) is 6.07 Å². The maximum absolute atomic E-state index is 11.3. The van der Waals surface area contributed by atoms with Gasteiger partial charge in [-0.05, 0) is 24.2 Å². The van der Waals surface area contributed by atoms with Crippen molar-refractivity contribution in [1.29, 1.82) is 0 Å². The van der Waals surface area contributed by atoms with Gasteiger partial charge in [-0.1, -0.05) is 70.4 Å². The molecular weight excluding hydrogens is 452 g/mol. The van der Waals surface area contributed by atoms with Gasteiger partial charge in [-0.3, -0.25) is 4.90 Å². The number of β-amino-alcohol motifs (C(OH)–C–C–N with tert-alkyl or cyclic N) is 1. The molecule has 1 saturated heterocycles. The van der Waals surface area contributed by atoms with E-state index in [9.17, 15) is 10.2 Å². The summed E-state index contributed by atoms with van der Waals surface area (Å²) in [7, 11) is 1.62. The van der Waals surface area contributed by atoms with E-state index >= 15 is 0 Å². The lowest BCUT2D eigenvalue weighted by Gasteiger charge is -2.43. The van der Waals surface area contributed by atoms with Crippen LogP contribution in [0.1, 0.15) is 64.7 Å². The molecule has 1 saturated carbocycles. The van der Waals surface area contributed by atoms with Crippen LogP contribution in [0.5, 0.6) is 0 Å². The Morgan fingerprint density at radius 1 is 1.14 bits per heavy atom. The van der Waals surface area contributed by atoms with Gasteiger partial charge >= 0.3 is 0 Å². The number of aromatic nitrogens is 2. The van der Waals surface area contributed by atoms with E-state index in [-0.39, 0.29) is 24.0 Å². The molecule has 2 aliphatic rings. The van der Waals surface area contributed by atoms with E-state index in [0.717, 1.165) is 30.2 Å². The van der Waals surface area contributed by atoms with E-state index in [0.29, 0.717) is 19.0 Å². The monoisotopic (exact) mass is 498 g/mol. The van der Waals surface area contributed by atoms with Crippen molar-refractivity contribution in [1.82, 2.24) is 19.8 Å². The summed E-state index contributed by atoms with van der Waals surface area (Å²) in [6.07, 6.45) is 7.44. The zero-order valence-corrected chi connectivity index (χ0v) is 22.6. The molecule has 2 aromatic rings. The molecular formula is C29H46N4O3. The number of aliphatic hydroxyl groups excluding tert-OH is 2. The van der Waals surface area contributed by atoms with Gasteiger partial charge in [-0.2, -0.15) is 0 Å².